The van der Waals surface area contributed by atoms with E-state index in [0.717, 1.165) is 0 Å². The van der Waals surface area contributed by atoms with E-state index in [1.54, 1.807) is 24.3 Å². The van der Waals surface area contributed by atoms with Gasteiger partial charge in [-0.3, -0.25) is 9.59 Å². The Morgan fingerprint density at radius 1 is 1.19 bits per heavy atom. The van der Waals surface area contributed by atoms with Gasteiger partial charge in [-0.2, -0.15) is 5.26 Å². The number of phenolic OH excluding ortho intramolecular Hbond substituents is 1. The second kappa shape index (κ2) is 9.25. The number of benzene rings is 2. The maximum absolute atomic E-state index is 11.9. The number of phenols is 1. The van der Waals surface area contributed by atoms with Gasteiger partial charge in [0.25, 0.3) is 0 Å². The molecule has 2 aromatic carbocycles. The summed E-state index contributed by atoms with van der Waals surface area (Å²) in [6, 6.07) is 12.6. The molecule has 7 nitrogen and oxygen atoms in total. The molecule has 1 unspecified atom stereocenters. The zero-order valence-corrected chi connectivity index (χ0v) is 14.7. The Labute approximate surface area is 156 Å². The van der Waals surface area contributed by atoms with Gasteiger partial charge in [0.2, 0.25) is 0 Å². The van der Waals surface area contributed by atoms with Gasteiger partial charge in [0.15, 0.2) is 0 Å². The average molecular weight is 369 g/mol. The summed E-state index contributed by atoms with van der Waals surface area (Å²) >= 11 is 0. The van der Waals surface area contributed by atoms with Crippen LogP contribution in [0.5, 0.6) is 17.2 Å². The summed E-state index contributed by atoms with van der Waals surface area (Å²) < 4.78 is 10.4. The van der Waals surface area contributed by atoms with Gasteiger partial charge in [0, 0.05) is 25.0 Å². The molecule has 0 aliphatic carbocycles. The number of esters is 1. The third kappa shape index (κ3) is 5.47. The number of rotatable bonds is 8. The van der Waals surface area contributed by atoms with Crippen LogP contribution in [0.4, 0.5) is 0 Å². The van der Waals surface area contributed by atoms with Gasteiger partial charge in [-0.1, -0.05) is 18.2 Å². The number of carboxylic acids is 1. The molecule has 1 atom stereocenters. The zero-order valence-electron chi connectivity index (χ0n) is 14.7. The summed E-state index contributed by atoms with van der Waals surface area (Å²) in [6.07, 6.45) is 0.946. The van der Waals surface area contributed by atoms with Crippen molar-refractivity contribution in [3.63, 3.8) is 0 Å². The first kappa shape index (κ1) is 19.8. The van der Waals surface area contributed by atoms with Crippen LogP contribution in [0.3, 0.4) is 0 Å². The second-order valence-corrected chi connectivity index (χ2v) is 5.77. The van der Waals surface area contributed by atoms with Gasteiger partial charge in [0.1, 0.15) is 23.2 Å². The highest BCUT2D eigenvalue weighted by molar-refractivity contribution is 5.82. The number of hydrogen-bond donors (Lipinski definition) is 2. The van der Waals surface area contributed by atoms with Gasteiger partial charge >= 0.3 is 11.9 Å². The first-order valence-electron chi connectivity index (χ1n) is 8.26. The smallest absolute Gasteiger partial charge is 0.315 e. The molecule has 0 aliphatic rings. The van der Waals surface area contributed by atoms with Gasteiger partial charge < -0.3 is 19.7 Å². The number of carbonyl (C=O) groups excluding carboxylic acids is 1. The summed E-state index contributed by atoms with van der Waals surface area (Å²) in [5, 5.41) is 28.5. The van der Waals surface area contributed by atoms with Crippen molar-refractivity contribution < 1.29 is 29.3 Å². The molecule has 0 aliphatic heterocycles. The number of carboxylic acid groups (broad SMARTS) is 1. The van der Waals surface area contributed by atoms with Gasteiger partial charge in [-0.05, 0) is 30.2 Å². The molecule has 0 radical (unpaired) electrons. The van der Waals surface area contributed by atoms with Crippen LogP contribution < -0.4 is 9.47 Å². The molecule has 0 fully saturated rings. The maximum Gasteiger partial charge on any atom is 0.315 e. The third-order valence-electron chi connectivity index (χ3n) is 3.71. The van der Waals surface area contributed by atoms with Crippen LogP contribution in [0.1, 0.15) is 36.8 Å². The summed E-state index contributed by atoms with van der Waals surface area (Å²) in [6.45, 7) is 1.57. The highest BCUT2D eigenvalue weighted by Crippen LogP contribution is 2.35. The topological polar surface area (TPSA) is 117 Å². The summed E-state index contributed by atoms with van der Waals surface area (Å²) in [4.78, 5) is 22.9. The van der Waals surface area contributed by atoms with E-state index < -0.39 is 17.9 Å². The Morgan fingerprint density at radius 3 is 2.59 bits per heavy atom. The van der Waals surface area contributed by atoms with Crippen LogP contribution in [0, 0.1) is 11.3 Å². The fourth-order valence-corrected chi connectivity index (χ4v) is 2.58. The lowest BCUT2D eigenvalue weighted by Gasteiger charge is -2.16. The molecule has 27 heavy (non-hydrogen) atoms. The lowest BCUT2D eigenvalue weighted by molar-refractivity contribution is -0.138. The standard InChI is InChI=1S/C20H19NO6/c1-13(22)27-16-7-8-17(18(23)12-16)19(20(24)25)14-5-4-6-15(11-14)26-10-3-2-9-21/h4-8,11-12,19,23H,2-3,10H2,1H3,(H,24,25). The highest BCUT2D eigenvalue weighted by Gasteiger charge is 2.26. The number of ether oxygens (including phenoxy) is 2. The fraction of sp³-hybridized carbons (Fsp3) is 0.250. The van der Waals surface area contributed by atoms with E-state index in [-0.39, 0.29) is 17.1 Å². The van der Waals surface area contributed by atoms with E-state index in [1.807, 2.05) is 6.07 Å². The fourth-order valence-electron chi connectivity index (χ4n) is 2.58. The summed E-state index contributed by atoms with van der Waals surface area (Å²) in [7, 11) is 0. The zero-order chi connectivity index (χ0) is 19.8. The molecule has 2 N–H and O–H groups in total. The minimum atomic E-state index is -1.15. The monoisotopic (exact) mass is 369 g/mol. The molecular weight excluding hydrogens is 350 g/mol. The van der Waals surface area contributed by atoms with Gasteiger partial charge in [-0.25, -0.2) is 0 Å². The Morgan fingerprint density at radius 2 is 1.96 bits per heavy atom. The van der Waals surface area contributed by atoms with Crippen LogP contribution in [-0.4, -0.2) is 28.8 Å². The number of hydrogen-bond acceptors (Lipinski definition) is 6. The lowest BCUT2D eigenvalue weighted by atomic mass is 9.90. The Kier molecular flexibility index (Phi) is 6.78. The minimum Gasteiger partial charge on any atom is -0.507 e. The van der Waals surface area contributed by atoms with Crippen molar-refractivity contribution >= 4 is 11.9 Å². The molecule has 7 heteroatoms. The SMILES string of the molecule is CC(=O)Oc1ccc(C(C(=O)O)c2cccc(OCCCC#N)c2)c(O)c1. The lowest BCUT2D eigenvalue weighted by Crippen LogP contribution is -2.14. The molecule has 2 rings (SSSR count). The molecule has 0 saturated carbocycles. The van der Waals surface area contributed by atoms with Crippen LogP contribution in [0.15, 0.2) is 42.5 Å². The average Bonchev–Trinajstić information content (AvgIpc) is 2.60. The van der Waals surface area contributed by atoms with E-state index in [2.05, 4.69) is 0 Å². The highest BCUT2D eigenvalue weighted by atomic mass is 16.5. The van der Waals surface area contributed by atoms with Gasteiger partial charge in [-0.15, -0.1) is 0 Å². The van der Waals surface area contributed by atoms with Crippen molar-refractivity contribution in [2.24, 2.45) is 0 Å². The van der Waals surface area contributed by atoms with Crippen molar-refractivity contribution in [3.05, 3.63) is 53.6 Å². The van der Waals surface area contributed by atoms with Crippen LogP contribution >= 0.6 is 0 Å². The van der Waals surface area contributed by atoms with E-state index in [4.69, 9.17) is 14.7 Å². The van der Waals surface area contributed by atoms with Crippen molar-refractivity contribution in [2.75, 3.05) is 6.61 Å². The minimum absolute atomic E-state index is 0.127. The molecule has 0 spiro atoms. The van der Waals surface area contributed by atoms with E-state index >= 15 is 0 Å². The van der Waals surface area contributed by atoms with Crippen molar-refractivity contribution in [3.8, 4) is 23.3 Å². The summed E-state index contributed by atoms with van der Waals surface area (Å²) in [5.74, 6) is -2.50. The molecule has 2 aromatic rings. The number of aliphatic carboxylic acids is 1. The number of aromatic hydroxyl groups is 1. The van der Waals surface area contributed by atoms with Crippen molar-refractivity contribution in [2.45, 2.75) is 25.7 Å². The molecule has 0 saturated heterocycles. The Bertz CT molecular complexity index is 871. The molecule has 0 amide bonds. The first-order chi connectivity index (χ1) is 12.9. The van der Waals surface area contributed by atoms with E-state index in [0.29, 0.717) is 30.8 Å². The maximum atomic E-state index is 11.9. The van der Waals surface area contributed by atoms with Gasteiger partial charge in [0.05, 0.1) is 12.7 Å². The quantitative estimate of drug-likeness (QED) is 0.417. The second-order valence-electron chi connectivity index (χ2n) is 5.77. The normalized spacial score (nSPS) is 11.3. The summed E-state index contributed by atoms with van der Waals surface area (Å²) in [5.41, 5.74) is 0.593. The van der Waals surface area contributed by atoms with Crippen LogP contribution in [0.2, 0.25) is 0 Å². The molecular formula is C20H19NO6. The third-order valence-corrected chi connectivity index (χ3v) is 3.71. The van der Waals surface area contributed by atoms with E-state index in [1.165, 1.54) is 25.1 Å². The Balaban J connectivity index is 2.29. The van der Waals surface area contributed by atoms with E-state index in [9.17, 15) is 19.8 Å². The number of nitrogens with zero attached hydrogens (tertiary/aromatic N) is 1. The molecule has 0 aromatic heterocycles. The van der Waals surface area contributed by atoms with Crippen molar-refractivity contribution in [1.82, 2.24) is 0 Å². The molecule has 0 heterocycles. The number of carbonyl (C=O) groups is 2. The number of nitriles is 1. The first-order valence-corrected chi connectivity index (χ1v) is 8.26. The molecule has 0 bridgehead atoms. The predicted octanol–water partition coefficient (Wildman–Crippen LogP) is 3.22. The predicted molar refractivity (Wildman–Crippen MR) is 95.7 cm³/mol. The largest absolute Gasteiger partial charge is 0.507 e. The molecule has 140 valence electrons. The van der Waals surface area contributed by atoms with Crippen LogP contribution in [-0.2, 0) is 9.59 Å². The van der Waals surface area contributed by atoms with Crippen molar-refractivity contribution in [1.29, 1.82) is 5.26 Å². The Hall–Kier alpha value is -3.53. The van der Waals surface area contributed by atoms with Crippen LogP contribution in [0.25, 0.3) is 0 Å². The number of unbranched alkanes of at least 4 members (excludes halogenated alkanes) is 1.